The molecule has 0 saturated heterocycles. The van der Waals surface area contributed by atoms with Gasteiger partial charge in [-0.1, -0.05) is 36.8 Å². The molecule has 1 N–H and O–H groups in total. The normalized spacial score (nSPS) is 14.5. The van der Waals surface area contributed by atoms with Crippen LogP contribution in [0, 0.1) is 12.8 Å². The maximum Gasteiger partial charge on any atom is 0.402 e. The fourth-order valence-corrected chi connectivity index (χ4v) is 2.19. The summed E-state index contributed by atoms with van der Waals surface area (Å²) in [5.74, 6) is -3.38. The van der Waals surface area contributed by atoms with E-state index in [1.165, 1.54) is 6.92 Å². The summed E-state index contributed by atoms with van der Waals surface area (Å²) in [6.07, 6.45) is -11.0. The molecule has 1 aromatic rings. The molecule has 0 amide bonds. The van der Waals surface area contributed by atoms with Crippen molar-refractivity contribution in [1.82, 2.24) is 5.32 Å². The maximum atomic E-state index is 12.8. The molecular weight excluding hydrogens is 296 g/mol. The van der Waals surface area contributed by atoms with Crippen LogP contribution in [0.5, 0.6) is 0 Å². The van der Waals surface area contributed by atoms with Crippen molar-refractivity contribution in [2.75, 3.05) is 6.54 Å². The molecule has 0 saturated carbocycles. The molecule has 120 valence electrons. The van der Waals surface area contributed by atoms with E-state index in [0.29, 0.717) is 5.56 Å². The molecule has 0 bridgehead atoms. The second kappa shape index (κ2) is 6.68. The average molecular weight is 313 g/mol. The van der Waals surface area contributed by atoms with Gasteiger partial charge in [-0.15, -0.1) is 0 Å². The third kappa shape index (κ3) is 5.22. The Bertz CT molecular complexity index is 420. The smallest absolute Gasteiger partial charge is 0.313 e. The second-order valence-corrected chi connectivity index (χ2v) is 4.91. The number of halogens is 6. The predicted octanol–water partition coefficient (Wildman–Crippen LogP) is 4.26. The lowest BCUT2D eigenvalue weighted by atomic mass is 9.92. The molecule has 0 aliphatic rings. The van der Waals surface area contributed by atoms with Crippen LogP contribution < -0.4 is 5.32 Å². The highest BCUT2D eigenvalue weighted by atomic mass is 19.4. The summed E-state index contributed by atoms with van der Waals surface area (Å²) in [6, 6.07) is 4.67. The van der Waals surface area contributed by atoms with Gasteiger partial charge in [0.25, 0.3) is 0 Å². The lowest BCUT2D eigenvalue weighted by molar-refractivity contribution is -0.291. The van der Waals surface area contributed by atoms with Crippen molar-refractivity contribution in [3.63, 3.8) is 0 Å². The number of hydrogen-bond acceptors (Lipinski definition) is 1. The van der Waals surface area contributed by atoms with Crippen LogP contribution in [0.25, 0.3) is 0 Å². The molecule has 1 aromatic carbocycles. The van der Waals surface area contributed by atoms with Crippen LogP contribution in [-0.2, 0) is 6.42 Å². The van der Waals surface area contributed by atoms with Gasteiger partial charge in [0.2, 0.25) is 0 Å². The largest absolute Gasteiger partial charge is 0.402 e. The predicted molar refractivity (Wildman–Crippen MR) is 67.9 cm³/mol. The summed E-state index contributed by atoms with van der Waals surface area (Å²) in [5.41, 5.74) is 1.33. The molecule has 21 heavy (non-hydrogen) atoms. The second-order valence-electron chi connectivity index (χ2n) is 4.91. The first-order valence-corrected chi connectivity index (χ1v) is 6.48. The Labute approximate surface area is 119 Å². The number of aryl methyl sites for hydroxylation is 1. The highest BCUT2D eigenvalue weighted by Crippen LogP contribution is 2.42. The molecule has 1 unspecified atom stereocenters. The first-order chi connectivity index (χ1) is 9.55. The Balaban J connectivity index is 3.04. The van der Waals surface area contributed by atoms with Gasteiger partial charge in [-0.25, -0.2) is 0 Å². The van der Waals surface area contributed by atoms with Crippen LogP contribution in [0.15, 0.2) is 24.3 Å². The molecule has 1 atom stereocenters. The van der Waals surface area contributed by atoms with E-state index in [-0.39, 0.29) is 13.0 Å². The van der Waals surface area contributed by atoms with Crippen molar-refractivity contribution in [1.29, 1.82) is 0 Å². The first-order valence-electron chi connectivity index (χ1n) is 6.48. The summed E-state index contributed by atoms with van der Waals surface area (Å²) in [7, 11) is 0. The highest BCUT2D eigenvalue weighted by Gasteiger charge is 2.59. The molecule has 7 heteroatoms. The van der Waals surface area contributed by atoms with Crippen molar-refractivity contribution in [2.24, 2.45) is 5.92 Å². The monoisotopic (exact) mass is 313 g/mol. The van der Waals surface area contributed by atoms with E-state index < -0.39 is 24.3 Å². The molecule has 0 radical (unpaired) electrons. The number of benzene rings is 1. The van der Waals surface area contributed by atoms with Crippen LogP contribution in [0.2, 0.25) is 0 Å². The van der Waals surface area contributed by atoms with E-state index in [4.69, 9.17) is 0 Å². The van der Waals surface area contributed by atoms with Crippen molar-refractivity contribution < 1.29 is 26.3 Å². The number of likely N-dealkylation sites (N-methyl/N-ethyl adjacent to an activating group) is 1. The molecule has 1 nitrogen and oxygen atoms in total. The number of rotatable bonds is 5. The van der Waals surface area contributed by atoms with Crippen molar-refractivity contribution >= 4 is 0 Å². The van der Waals surface area contributed by atoms with Crippen molar-refractivity contribution in [3.05, 3.63) is 35.4 Å². The molecular formula is C14H17F6N. The van der Waals surface area contributed by atoms with Crippen LogP contribution in [0.3, 0.4) is 0 Å². The van der Waals surface area contributed by atoms with Crippen LogP contribution >= 0.6 is 0 Å². The molecule has 0 fully saturated rings. The Morgan fingerprint density at radius 2 is 1.43 bits per heavy atom. The molecule has 0 aliphatic heterocycles. The summed E-state index contributed by atoms with van der Waals surface area (Å²) in [5, 5.41) is 2.32. The zero-order valence-corrected chi connectivity index (χ0v) is 11.6. The zero-order chi connectivity index (χ0) is 16.3. The minimum atomic E-state index is -5.34. The van der Waals surface area contributed by atoms with E-state index in [1.807, 2.05) is 0 Å². The third-order valence-electron chi connectivity index (χ3n) is 3.15. The summed E-state index contributed by atoms with van der Waals surface area (Å²) < 4.78 is 76.8. The Morgan fingerprint density at radius 3 is 1.81 bits per heavy atom. The van der Waals surface area contributed by atoms with Gasteiger partial charge in [0.15, 0.2) is 5.92 Å². The van der Waals surface area contributed by atoms with Crippen LogP contribution in [0.4, 0.5) is 26.3 Å². The minimum Gasteiger partial charge on any atom is -0.313 e. The van der Waals surface area contributed by atoms with Gasteiger partial charge in [0.1, 0.15) is 0 Å². The van der Waals surface area contributed by atoms with E-state index in [2.05, 4.69) is 5.32 Å². The van der Waals surface area contributed by atoms with E-state index >= 15 is 0 Å². The van der Waals surface area contributed by atoms with E-state index in [9.17, 15) is 26.3 Å². The van der Waals surface area contributed by atoms with E-state index in [1.54, 1.807) is 31.2 Å². The average Bonchev–Trinajstić information content (AvgIpc) is 2.28. The molecule has 0 aromatic heterocycles. The van der Waals surface area contributed by atoms with Crippen molar-refractivity contribution in [2.45, 2.75) is 38.7 Å². The highest BCUT2D eigenvalue weighted by molar-refractivity contribution is 5.22. The van der Waals surface area contributed by atoms with Gasteiger partial charge < -0.3 is 5.32 Å². The van der Waals surface area contributed by atoms with Gasteiger partial charge >= 0.3 is 12.4 Å². The Kier molecular flexibility index (Phi) is 5.67. The standard InChI is InChI=1S/C14H17F6N/c1-3-21-11(8-10-6-4-9(2)5-7-10)12(13(15,16)17)14(18,19)20/h4-7,11-12,21H,3,8H2,1-2H3. The van der Waals surface area contributed by atoms with Crippen LogP contribution in [-0.4, -0.2) is 24.9 Å². The molecule has 0 spiro atoms. The lowest BCUT2D eigenvalue weighted by Gasteiger charge is -2.31. The number of alkyl halides is 6. The lowest BCUT2D eigenvalue weighted by Crippen LogP contribution is -2.52. The minimum absolute atomic E-state index is 0.0270. The fourth-order valence-electron chi connectivity index (χ4n) is 2.19. The first kappa shape index (κ1) is 17.8. The number of hydrogen-bond donors (Lipinski definition) is 1. The topological polar surface area (TPSA) is 12.0 Å². The number of nitrogens with one attached hydrogen (secondary N) is 1. The third-order valence-corrected chi connectivity index (χ3v) is 3.15. The van der Waals surface area contributed by atoms with Crippen molar-refractivity contribution in [3.8, 4) is 0 Å². The van der Waals surface area contributed by atoms with Gasteiger partial charge in [0.05, 0.1) is 0 Å². The fraction of sp³-hybridized carbons (Fsp3) is 0.571. The van der Waals surface area contributed by atoms with Gasteiger partial charge in [-0.3, -0.25) is 0 Å². The van der Waals surface area contributed by atoms with Gasteiger partial charge in [0, 0.05) is 6.04 Å². The zero-order valence-electron chi connectivity index (χ0n) is 11.6. The molecule has 1 rings (SSSR count). The van der Waals surface area contributed by atoms with Gasteiger partial charge in [-0.2, -0.15) is 26.3 Å². The molecule has 0 aliphatic carbocycles. The summed E-state index contributed by atoms with van der Waals surface area (Å²) in [6.45, 7) is 3.30. The SMILES string of the molecule is CCNC(Cc1ccc(C)cc1)C(C(F)(F)F)C(F)(F)F. The summed E-state index contributed by atoms with van der Waals surface area (Å²) >= 11 is 0. The van der Waals surface area contributed by atoms with E-state index in [0.717, 1.165) is 5.56 Å². The summed E-state index contributed by atoms with van der Waals surface area (Å²) in [4.78, 5) is 0. The molecule has 0 heterocycles. The van der Waals surface area contributed by atoms with Crippen LogP contribution in [0.1, 0.15) is 18.1 Å². The quantitative estimate of drug-likeness (QED) is 0.801. The maximum absolute atomic E-state index is 12.8. The van der Waals surface area contributed by atoms with Gasteiger partial charge in [-0.05, 0) is 25.5 Å². The Hall–Kier alpha value is -1.24. The Morgan fingerprint density at radius 1 is 0.952 bits per heavy atom.